The molecule has 4 rings (SSSR count). The summed E-state index contributed by atoms with van der Waals surface area (Å²) in [4.78, 5) is 18.9. The Balaban J connectivity index is 1.39. The van der Waals surface area contributed by atoms with Crippen LogP contribution in [-0.4, -0.2) is 39.5 Å². The highest BCUT2D eigenvalue weighted by Crippen LogP contribution is 2.37. The van der Waals surface area contributed by atoms with Crippen molar-refractivity contribution in [2.45, 2.75) is 31.8 Å². The summed E-state index contributed by atoms with van der Waals surface area (Å²) in [6.45, 7) is 2.45. The van der Waals surface area contributed by atoms with E-state index in [0.717, 1.165) is 30.5 Å². The van der Waals surface area contributed by atoms with Crippen molar-refractivity contribution in [3.05, 3.63) is 30.6 Å². The number of rotatable bonds is 3. The van der Waals surface area contributed by atoms with Gasteiger partial charge in [0.15, 0.2) is 0 Å². The summed E-state index contributed by atoms with van der Waals surface area (Å²) in [7, 11) is 0. The number of carbonyl (C=O) groups excluding carboxylic acids is 1. The number of benzene rings is 1. The quantitative estimate of drug-likeness (QED) is 0.936. The van der Waals surface area contributed by atoms with Crippen LogP contribution in [0.1, 0.15) is 19.3 Å². The average molecular weight is 298 g/mol. The first-order chi connectivity index (χ1) is 10.7. The van der Waals surface area contributed by atoms with E-state index in [-0.39, 0.29) is 5.91 Å². The molecule has 0 spiro atoms. The molecular formula is C17H22N4O. The van der Waals surface area contributed by atoms with Crippen molar-refractivity contribution in [1.82, 2.24) is 14.5 Å². The molecule has 2 N–H and O–H groups in total. The van der Waals surface area contributed by atoms with Crippen LogP contribution in [-0.2, 0) is 11.3 Å². The fourth-order valence-electron chi connectivity index (χ4n) is 4.07. The lowest BCUT2D eigenvalue weighted by molar-refractivity contribution is -0.130. The highest BCUT2D eigenvalue weighted by Gasteiger charge is 2.42. The minimum atomic E-state index is 0.249. The fraction of sp³-hybridized carbons (Fsp3) is 0.529. The molecular weight excluding hydrogens is 276 g/mol. The van der Waals surface area contributed by atoms with Crippen molar-refractivity contribution in [3.8, 4) is 0 Å². The highest BCUT2D eigenvalue weighted by atomic mass is 16.2. The van der Waals surface area contributed by atoms with Crippen LogP contribution in [0.25, 0.3) is 11.0 Å². The maximum atomic E-state index is 12.5. The third kappa shape index (κ3) is 2.29. The first kappa shape index (κ1) is 13.8. The zero-order chi connectivity index (χ0) is 15.1. The maximum absolute atomic E-state index is 12.5. The second-order valence-electron chi connectivity index (χ2n) is 6.64. The molecule has 22 heavy (non-hydrogen) atoms. The number of para-hydroxylation sites is 2. The van der Waals surface area contributed by atoms with Gasteiger partial charge in [-0.25, -0.2) is 4.98 Å². The minimum Gasteiger partial charge on any atom is -0.342 e. The second kappa shape index (κ2) is 5.39. The molecule has 116 valence electrons. The number of nitrogens with zero attached hydrogens (tertiary/aromatic N) is 3. The van der Waals surface area contributed by atoms with Gasteiger partial charge in [0.1, 0.15) is 0 Å². The molecule has 1 aromatic carbocycles. The van der Waals surface area contributed by atoms with Crippen molar-refractivity contribution < 1.29 is 4.79 Å². The van der Waals surface area contributed by atoms with Crippen LogP contribution in [0.15, 0.2) is 30.6 Å². The fourth-order valence-corrected chi connectivity index (χ4v) is 4.07. The van der Waals surface area contributed by atoms with Crippen molar-refractivity contribution in [2.24, 2.45) is 17.6 Å². The summed E-state index contributed by atoms with van der Waals surface area (Å²) in [6, 6.07) is 8.32. The molecule has 2 heterocycles. The van der Waals surface area contributed by atoms with Gasteiger partial charge in [0, 0.05) is 32.1 Å². The Morgan fingerprint density at radius 3 is 3.00 bits per heavy atom. The van der Waals surface area contributed by atoms with E-state index >= 15 is 0 Å². The molecule has 0 bridgehead atoms. The van der Waals surface area contributed by atoms with Crippen LogP contribution in [0, 0.1) is 11.8 Å². The van der Waals surface area contributed by atoms with Gasteiger partial charge in [-0.3, -0.25) is 4.79 Å². The number of hydrogen-bond acceptors (Lipinski definition) is 3. The lowest BCUT2D eigenvalue weighted by Crippen LogP contribution is -2.33. The van der Waals surface area contributed by atoms with Gasteiger partial charge in [-0.1, -0.05) is 12.1 Å². The zero-order valence-electron chi connectivity index (χ0n) is 12.7. The predicted molar refractivity (Wildman–Crippen MR) is 85.1 cm³/mol. The standard InChI is InChI=1S/C17H22N4O/c18-14-6-5-12-9-21(10-13(12)14)17(22)7-8-20-11-19-15-3-1-2-4-16(15)20/h1-4,11-14H,5-10,18H2. The van der Waals surface area contributed by atoms with E-state index in [1.54, 1.807) is 0 Å². The van der Waals surface area contributed by atoms with Gasteiger partial charge in [0.05, 0.1) is 17.4 Å². The molecule has 1 aromatic heterocycles. The molecule has 0 radical (unpaired) electrons. The molecule has 1 saturated heterocycles. The lowest BCUT2D eigenvalue weighted by atomic mass is 9.98. The van der Waals surface area contributed by atoms with Gasteiger partial charge in [-0.15, -0.1) is 0 Å². The van der Waals surface area contributed by atoms with Crippen LogP contribution in [0.3, 0.4) is 0 Å². The Hall–Kier alpha value is -1.88. The summed E-state index contributed by atoms with van der Waals surface area (Å²) in [5.41, 5.74) is 8.22. The van der Waals surface area contributed by atoms with E-state index in [1.165, 1.54) is 6.42 Å². The summed E-state index contributed by atoms with van der Waals surface area (Å²) >= 11 is 0. The maximum Gasteiger partial charge on any atom is 0.224 e. The molecule has 2 aromatic rings. The van der Waals surface area contributed by atoms with Gasteiger partial charge in [0.25, 0.3) is 0 Å². The average Bonchev–Trinajstić information content (AvgIpc) is 3.21. The number of likely N-dealkylation sites (tertiary alicyclic amines) is 1. The molecule has 1 amide bonds. The van der Waals surface area contributed by atoms with E-state index in [2.05, 4.69) is 9.55 Å². The molecule has 2 fully saturated rings. The Morgan fingerprint density at radius 1 is 1.27 bits per heavy atom. The number of imidazole rings is 1. The Kier molecular flexibility index (Phi) is 3.37. The van der Waals surface area contributed by atoms with Crippen LogP contribution in [0.2, 0.25) is 0 Å². The molecule has 2 aliphatic rings. The normalized spacial score (nSPS) is 27.5. The van der Waals surface area contributed by atoms with Crippen molar-refractivity contribution >= 4 is 16.9 Å². The largest absolute Gasteiger partial charge is 0.342 e. The van der Waals surface area contributed by atoms with Crippen LogP contribution < -0.4 is 5.73 Å². The molecule has 1 aliphatic carbocycles. The second-order valence-corrected chi connectivity index (χ2v) is 6.64. The number of amides is 1. The summed E-state index contributed by atoms with van der Waals surface area (Å²) in [5.74, 6) is 1.41. The topological polar surface area (TPSA) is 64.2 Å². The minimum absolute atomic E-state index is 0.249. The van der Waals surface area contributed by atoms with E-state index in [0.29, 0.717) is 30.8 Å². The van der Waals surface area contributed by atoms with Gasteiger partial charge in [-0.05, 0) is 36.8 Å². The third-order valence-corrected chi connectivity index (χ3v) is 5.36. The molecule has 3 unspecified atom stereocenters. The number of aromatic nitrogens is 2. The smallest absolute Gasteiger partial charge is 0.224 e. The van der Waals surface area contributed by atoms with E-state index in [4.69, 9.17) is 5.73 Å². The van der Waals surface area contributed by atoms with Crippen molar-refractivity contribution in [1.29, 1.82) is 0 Å². The molecule has 1 saturated carbocycles. The summed E-state index contributed by atoms with van der Waals surface area (Å²) in [5, 5.41) is 0. The van der Waals surface area contributed by atoms with E-state index < -0.39 is 0 Å². The first-order valence-corrected chi connectivity index (χ1v) is 8.15. The molecule has 1 aliphatic heterocycles. The van der Waals surface area contributed by atoms with Crippen molar-refractivity contribution in [3.63, 3.8) is 0 Å². The van der Waals surface area contributed by atoms with Crippen molar-refractivity contribution in [2.75, 3.05) is 13.1 Å². The third-order valence-electron chi connectivity index (χ3n) is 5.36. The SMILES string of the molecule is NC1CCC2CN(C(=O)CCn3cnc4ccccc43)CC12. The number of aryl methyl sites for hydroxylation is 1. The summed E-state index contributed by atoms with van der Waals surface area (Å²) in [6.07, 6.45) is 4.67. The summed E-state index contributed by atoms with van der Waals surface area (Å²) < 4.78 is 2.07. The highest BCUT2D eigenvalue weighted by molar-refractivity contribution is 5.78. The van der Waals surface area contributed by atoms with Gasteiger partial charge >= 0.3 is 0 Å². The van der Waals surface area contributed by atoms with Gasteiger partial charge in [-0.2, -0.15) is 0 Å². The number of hydrogen-bond donors (Lipinski definition) is 1. The predicted octanol–water partition coefficient (Wildman–Crippen LogP) is 1.62. The van der Waals surface area contributed by atoms with Gasteiger partial charge in [0.2, 0.25) is 5.91 Å². The Morgan fingerprint density at radius 2 is 2.14 bits per heavy atom. The number of fused-ring (bicyclic) bond motifs is 2. The molecule has 3 atom stereocenters. The van der Waals surface area contributed by atoms with Crippen LogP contribution in [0.4, 0.5) is 0 Å². The molecule has 5 nitrogen and oxygen atoms in total. The van der Waals surface area contributed by atoms with E-state index in [1.807, 2.05) is 35.5 Å². The zero-order valence-corrected chi connectivity index (χ0v) is 12.7. The monoisotopic (exact) mass is 298 g/mol. The first-order valence-electron chi connectivity index (χ1n) is 8.15. The molecule has 5 heteroatoms. The number of nitrogens with two attached hydrogens (primary N) is 1. The van der Waals surface area contributed by atoms with Crippen LogP contribution in [0.5, 0.6) is 0 Å². The van der Waals surface area contributed by atoms with E-state index in [9.17, 15) is 4.79 Å². The Bertz CT molecular complexity index is 695. The van der Waals surface area contributed by atoms with Crippen LogP contribution >= 0.6 is 0 Å². The Labute approximate surface area is 130 Å². The number of carbonyl (C=O) groups is 1. The lowest BCUT2D eigenvalue weighted by Gasteiger charge is -2.19. The van der Waals surface area contributed by atoms with Gasteiger partial charge < -0.3 is 15.2 Å².